The average molecular weight is 291 g/mol. The van der Waals surface area contributed by atoms with Crippen molar-refractivity contribution >= 4 is 11.0 Å². The molecule has 0 amide bonds. The summed E-state index contributed by atoms with van der Waals surface area (Å²) >= 11 is 0. The molecule has 3 rings (SSSR count). The van der Waals surface area contributed by atoms with E-state index < -0.39 is 11.7 Å². The van der Waals surface area contributed by atoms with E-state index in [4.69, 9.17) is 4.42 Å². The fourth-order valence-electron chi connectivity index (χ4n) is 3.01. The van der Waals surface area contributed by atoms with Crippen molar-refractivity contribution in [3.8, 4) is 11.5 Å². The Morgan fingerprint density at radius 1 is 1.29 bits per heavy atom. The number of nitrogens with zero attached hydrogens (tertiary/aromatic N) is 1. The van der Waals surface area contributed by atoms with Crippen molar-refractivity contribution in [1.82, 2.24) is 4.90 Å². The summed E-state index contributed by atoms with van der Waals surface area (Å²) in [6, 6.07) is 3.93. The number of phenolic OH excluding ortho intramolecular Hbond substituents is 1. The first-order valence-corrected chi connectivity index (χ1v) is 6.82. The molecule has 1 aliphatic rings. The van der Waals surface area contributed by atoms with Gasteiger partial charge in [0.2, 0.25) is 0 Å². The predicted molar refractivity (Wildman–Crippen MR) is 76.7 cm³/mol. The molecular formula is C15H17NO5. The molecule has 1 saturated heterocycles. The number of likely N-dealkylation sites (N-methyl/N-ethyl adjacent to an activating group) is 1. The highest BCUT2D eigenvalue weighted by atomic mass is 16.4. The normalized spacial score (nSPS) is 23.5. The molecule has 21 heavy (non-hydrogen) atoms. The van der Waals surface area contributed by atoms with Gasteiger partial charge in [-0.1, -0.05) is 0 Å². The standard InChI is InChI=1S/C15H17NO5/c1-16-5-4-8(12(19)7-16)14-10(17)3-2-9-11(18)6-13(20)21-15(9)14/h2-3,6,8,12,17-19H,4-5,7H2,1H3/t8-,12+/m0/s1. The summed E-state index contributed by atoms with van der Waals surface area (Å²) in [6.07, 6.45) is -0.0446. The van der Waals surface area contributed by atoms with Gasteiger partial charge in [0.1, 0.15) is 17.1 Å². The maximum atomic E-state index is 11.5. The summed E-state index contributed by atoms with van der Waals surface area (Å²) in [5, 5.41) is 30.7. The molecule has 2 heterocycles. The zero-order valence-corrected chi connectivity index (χ0v) is 11.6. The number of hydrogen-bond acceptors (Lipinski definition) is 6. The number of fused-ring (bicyclic) bond motifs is 1. The summed E-state index contributed by atoms with van der Waals surface area (Å²) < 4.78 is 5.18. The molecule has 2 atom stereocenters. The molecule has 0 bridgehead atoms. The van der Waals surface area contributed by atoms with Crippen LogP contribution in [0.4, 0.5) is 0 Å². The first kappa shape index (κ1) is 13.9. The zero-order valence-electron chi connectivity index (χ0n) is 11.6. The van der Waals surface area contributed by atoms with E-state index in [9.17, 15) is 20.1 Å². The minimum Gasteiger partial charge on any atom is -0.508 e. The van der Waals surface area contributed by atoms with Crippen LogP contribution < -0.4 is 5.63 Å². The Labute approximate surface area is 120 Å². The van der Waals surface area contributed by atoms with E-state index in [0.717, 1.165) is 12.6 Å². The number of rotatable bonds is 1. The number of aromatic hydroxyl groups is 2. The van der Waals surface area contributed by atoms with Gasteiger partial charge in [0, 0.05) is 18.0 Å². The minimum atomic E-state index is -0.686. The van der Waals surface area contributed by atoms with Crippen molar-refractivity contribution in [1.29, 1.82) is 0 Å². The highest BCUT2D eigenvalue weighted by Gasteiger charge is 2.31. The van der Waals surface area contributed by atoms with Crippen molar-refractivity contribution in [3.63, 3.8) is 0 Å². The van der Waals surface area contributed by atoms with Gasteiger partial charge in [0.25, 0.3) is 0 Å². The SMILES string of the molecule is CN1CC[C@H](c2c(O)ccc3c(O)cc(=O)oc23)[C@H](O)C1. The second kappa shape index (κ2) is 5.05. The first-order chi connectivity index (χ1) is 9.97. The largest absolute Gasteiger partial charge is 0.508 e. The van der Waals surface area contributed by atoms with Crippen molar-refractivity contribution in [2.24, 2.45) is 0 Å². The van der Waals surface area contributed by atoms with E-state index in [2.05, 4.69) is 0 Å². The Hall–Kier alpha value is -2.05. The van der Waals surface area contributed by atoms with Crippen LogP contribution in [0.5, 0.6) is 11.5 Å². The second-order valence-corrected chi connectivity index (χ2v) is 5.55. The molecule has 2 aromatic rings. The van der Waals surface area contributed by atoms with Crippen LogP contribution in [0.15, 0.2) is 27.4 Å². The number of phenols is 1. The van der Waals surface area contributed by atoms with Gasteiger partial charge in [0.05, 0.1) is 17.6 Å². The fraction of sp³-hybridized carbons (Fsp3) is 0.400. The van der Waals surface area contributed by atoms with Gasteiger partial charge >= 0.3 is 5.63 Å². The molecule has 0 spiro atoms. The highest BCUT2D eigenvalue weighted by Crippen LogP contribution is 2.40. The smallest absolute Gasteiger partial charge is 0.339 e. The Balaban J connectivity index is 2.21. The van der Waals surface area contributed by atoms with Crippen LogP contribution in [0.1, 0.15) is 17.9 Å². The molecule has 3 N–H and O–H groups in total. The molecule has 112 valence electrons. The summed E-state index contributed by atoms with van der Waals surface area (Å²) in [5.41, 5.74) is -0.149. The Kier molecular flexibility index (Phi) is 3.35. The maximum Gasteiger partial charge on any atom is 0.339 e. The van der Waals surface area contributed by atoms with Crippen LogP contribution in [0.2, 0.25) is 0 Å². The number of β-amino-alcohol motifs (C(OH)–C–C–N with tert-alkyl or cyclic N) is 1. The molecule has 1 aliphatic heterocycles. The Morgan fingerprint density at radius 2 is 2.05 bits per heavy atom. The van der Waals surface area contributed by atoms with Gasteiger partial charge in [-0.2, -0.15) is 0 Å². The quantitative estimate of drug-likeness (QED) is 0.678. The third-order valence-electron chi connectivity index (χ3n) is 4.06. The van der Waals surface area contributed by atoms with E-state index in [-0.39, 0.29) is 23.0 Å². The van der Waals surface area contributed by atoms with Crippen LogP contribution in [0.25, 0.3) is 11.0 Å². The van der Waals surface area contributed by atoms with Crippen molar-refractivity contribution in [3.05, 3.63) is 34.2 Å². The Bertz CT molecular complexity index is 739. The first-order valence-electron chi connectivity index (χ1n) is 6.82. The fourth-order valence-corrected chi connectivity index (χ4v) is 3.01. The van der Waals surface area contributed by atoms with E-state index >= 15 is 0 Å². The molecule has 1 fully saturated rings. The maximum absolute atomic E-state index is 11.5. The second-order valence-electron chi connectivity index (χ2n) is 5.55. The zero-order chi connectivity index (χ0) is 15.1. The molecular weight excluding hydrogens is 274 g/mol. The van der Waals surface area contributed by atoms with Crippen LogP contribution in [0, 0.1) is 0 Å². The highest BCUT2D eigenvalue weighted by molar-refractivity contribution is 5.87. The van der Waals surface area contributed by atoms with Gasteiger partial charge in [-0.3, -0.25) is 0 Å². The number of piperidine rings is 1. The van der Waals surface area contributed by atoms with Gasteiger partial charge in [0.15, 0.2) is 0 Å². The van der Waals surface area contributed by atoms with Crippen LogP contribution >= 0.6 is 0 Å². The third kappa shape index (κ3) is 2.36. The van der Waals surface area contributed by atoms with E-state index in [1.807, 2.05) is 11.9 Å². The topological polar surface area (TPSA) is 94.1 Å². The lowest BCUT2D eigenvalue weighted by Crippen LogP contribution is -2.40. The van der Waals surface area contributed by atoms with Crippen molar-refractivity contribution in [2.75, 3.05) is 20.1 Å². The lowest BCUT2D eigenvalue weighted by Gasteiger charge is -2.34. The van der Waals surface area contributed by atoms with Gasteiger partial charge in [-0.15, -0.1) is 0 Å². The van der Waals surface area contributed by atoms with E-state index in [0.29, 0.717) is 23.9 Å². The van der Waals surface area contributed by atoms with E-state index in [1.165, 1.54) is 12.1 Å². The summed E-state index contributed by atoms with van der Waals surface area (Å²) in [5.74, 6) is -0.565. The molecule has 6 heteroatoms. The number of aliphatic hydroxyl groups is 1. The molecule has 0 radical (unpaired) electrons. The number of hydrogen-bond donors (Lipinski definition) is 3. The number of aliphatic hydroxyl groups excluding tert-OH is 1. The Morgan fingerprint density at radius 3 is 2.76 bits per heavy atom. The van der Waals surface area contributed by atoms with Crippen LogP contribution in [-0.4, -0.2) is 46.5 Å². The monoisotopic (exact) mass is 291 g/mol. The summed E-state index contributed by atoms with van der Waals surface area (Å²) in [7, 11) is 1.91. The summed E-state index contributed by atoms with van der Waals surface area (Å²) in [6.45, 7) is 1.24. The van der Waals surface area contributed by atoms with Crippen molar-refractivity contribution < 1.29 is 19.7 Å². The van der Waals surface area contributed by atoms with Gasteiger partial charge in [-0.05, 0) is 32.1 Å². The third-order valence-corrected chi connectivity index (χ3v) is 4.06. The van der Waals surface area contributed by atoms with Gasteiger partial charge in [-0.25, -0.2) is 4.79 Å². The molecule has 0 unspecified atom stereocenters. The lowest BCUT2D eigenvalue weighted by molar-refractivity contribution is 0.0630. The van der Waals surface area contributed by atoms with Crippen molar-refractivity contribution in [2.45, 2.75) is 18.4 Å². The average Bonchev–Trinajstić information content (AvgIpc) is 2.39. The minimum absolute atomic E-state index is 0.0372. The molecule has 6 nitrogen and oxygen atoms in total. The predicted octanol–water partition coefficient (Wildman–Crippen LogP) is 0.984. The number of benzene rings is 1. The molecule has 1 aromatic carbocycles. The lowest BCUT2D eigenvalue weighted by atomic mass is 9.85. The van der Waals surface area contributed by atoms with Crippen LogP contribution in [0.3, 0.4) is 0 Å². The molecule has 0 saturated carbocycles. The number of likely N-dealkylation sites (tertiary alicyclic amines) is 1. The van der Waals surface area contributed by atoms with Gasteiger partial charge < -0.3 is 24.6 Å². The van der Waals surface area contributed by atoms with E-state index in [1.54, 1.807) is 0 Å². The summed E-state index contributed by atoms with van der Waals surface area (Å²) in [4.78, 5) is 13.5. The molecule has 1 aromatic heterocycles. The van der Waals surface area contributed by atoms with Crippen LogP contribution in [-0.2, 0) is 0 Å². The molecule has 0 aliphatic carbocycles.